The topological polar surface area (TPSA) is 103 Å². The van der Waals surface area contributed by atoms with Crippen molar-refractivity contribution in [3.63, 3.8) is 0 Å². The Morgan fingerprint density at radius 3 is 2.47 bits per heavy atom. The Morgan fingerprint density at radius 2 is 1.75 bits per heavy atom. The third-order valence-corrected chi connectivity index (χ3v) is 6.25. The Bertz CT molecular complexity index is 1370. The summed E-state index contributed by atoms with van der Waals surface area (Å²) in [5.41, 5.74) is 9.49. The molecule has 2 aromatic heterocycles. The van der Waals surface area contributed by atoms with Crippen molar-refractivity contribution in [1.82, 2.24) is 24.5 Å². The summed E-state index contributed by atoms with van der Waals surface area (Å²) in [6.07, 6.45) is 0. The number of benzene rings is 2. The molecule has 164 valence electrons. The third-order valence-electron chi connectivity index (χ3n) is 5.20. The van der Waals surface area contributed by atoms with Gasteiger partial charge in [-0.1, -0.05) is 30.0 Å². The second-order valence-corrected chi connectivity index (χ2v) is 9.13. The van der Waals surface area contributed by atoms with Crippen LogP contribution in [-0.2, 0) is 0 Å². The van der Waals surface area contributed by atoms with E-state index >= 15 is 0 Å². The van der Waals surface area contributed by atoms with Gasteiger partial charge in [-0.25, -0.2) is 4.98 Å². The van der Waals surface area contributed by atoms with Gasteiger partial charge < -0.3 is 10.6 Å². The standard InChI is InChI=1S/C23H25N7OS/c1-13-10-11-16(12-14(13)2)30-20(31)17-8-6-7-9-18(17)25-23(30)32-15(3)19-26-21(24)28-22(27-19)29(4)5/h6-12,15H,1-5H3,(H2,24,26,27,28)/t15-/m1/s1. The van der Waals surface area contributed by atoms with Gasteiger partial charge in [0.15, 0.2) is 5.16 Å². The van der Waals surface area contributed by atoms with Crippen molar-refractivity contribution in [2.24, 2.45) is 0 Å². The summed E-state index contributed by atoms with van der Waals surface area (Å²) < 4.78 is 1.66. The van der Waals surface area contributed by atoms with Crippen LogP contribution in [0.25, 0.3) is 16.6 Å². The first-order valence-electron chi connectivity index (χ1n) is 10.2. The summed E-state index contributed by atoms with van der Waals surface area (Å²) in [7, 11) is 3.69. The van der Waals surface area contributed by atoms with E-state index in [9.17, 15) is 4.79 Å². The van der Waals surface area contributed by atoms with Gasteiger partial charge in [-0.05, 0) is 56.2 Å². The molecule has 0 unspecified atom stereocenters. The fourth-order valence-electron chi connectivity index (χ4n) is 3.27. The number of nitrogens with two attached hydrogens (primary N) is 1. The highest BCUT2D eigenvalue weighted by molar-refractivity contribution is 7.99. The molecule has 0 saturated heterocycles. The molecule has 32 heavy (non-hydrogen) atoms. The molecule has 2 aromatic carbocycles. The summed E-state index contributed by atoms with van der Waals surface area (Å²) in [4.78, 5) is 33.1. The van der Waals surface area contributed by atoms with E-state index in [-0.39, 0.29) is 16.8 Å². The van der Waals surface area contributed by atoms with Crippen molar-refractivity contribution < 1.29 is 0 Å². The molecular formula is C23H25N7OS. The van der Waals surface area contributed by atoms with Crippen molar-refractivity contribution >= 4 is 34.6 Å². The number of anilines is 2. The minimum Gasteiger partial charge on any atom is -0.368 e. The second-order valence-electron chi connectivity index (χ2n) is 7.83. The van der Waals surface area contributed by atoms with Crippen LogP contribution >= 0.6 is 11.8 Å². The van der Waals surface area contributed by atoms with Crippen LogP contribution in [0.3, 0.4) is 0 Å². The van der Waals surface area contributed by atoms with Crippen LogP contribution in [-0.4, -0.2) is 38.6 Å². The van der Waals surface area contributed by atoms with E-state index in [0.717, 1.165) is 16.8 Å². The maximum absolute atomic E-state index is 13.5. The highest BCUT2D eigenvalue weighted by Crippen LogP contribution is 2.34. The Kier molecular flexibility index (Phi) is 5.84. The number of hydrogen-bond acceptors (Lipinski definition) is 8. The molecule has 9 heteroatoms. The number of aromatic nitrogens is 5. The second kappa shape index (κ2) is 8.58. The largest absolute Gasteiger partial charge is 0.368 e. The van der Waals surface area contributed by atoms with Crippen molar-refractivity contribution in [3.05, 3.63) is 69.8 Å². The van der Waals surface area contributed by atoms with Gasteiger partial charge in [0.25, 0.3) is 5.56 Å². The first-order valence-corrected chi connectivity index (χ1v) is 11.1. The van der Waals surface area contributed by atoms with Crippen molar-refractivity contribution in [3.8, 4) is 5.69 Å². The maximum Gasteiger partial charge on any atom is 0.266 e. The van der Waals surface area contributed by atoms with Gasteiger partial charge in [0.2, 0.25) is 11.9 Å². The Hall–Kier alpha value is -3.46. The highest BCUT2D eigenvalue weighted by atomic mass is 32.2. The van der Waals surface area contributed by atoms with Crippen molar-refractivity contribution in [1.29, 1.82) is 0 Å². The van der Waals surface area contributed by atoms with Crippen LogP contribution in [0.5, 0.6) is 0 Å². The number of aryl methyl sites for hydroxylation is 2. The van der Waals surface area contributed by atoms with Crippen LogP contribution < -0.4 is 16.2 Å². The number of fused-ring (bicyclic) bond motifs is 1. The minimum absolute atomic E-state index is 0.113. The highest BCUT2D eigenvalue weighted by Gasteiger charge is 2.20. The summed E-state index contributed by atoms with van der Waals surface area (Å²) in [6.45, 7) is 6.04. The lowest BCUT2D eigenvalue weighted by Crippen LogP contribution is -2.22. The molecule has 0 aliphatic rings. The SMILES string of the molecule is Cc1ccc(-n2c(S[C@H](C)c3nc(N)nc(N(C)C)n3)nc3ccccc3c2=O)cc1C. The van der Waals surface area contributed by atoms with Gasteiger partial charge in [-0.15, -0.1) is 0 Å². The van der Waals surface area contributed by atoms with E-state index in [1.54, 1.807) is 15.5 Å². The van der Waals surface area contributed by atoms with E-state index < -0.39 is 0 Å². The third kappa shape index (κ3) is 4.16. The quantitative estimate of drug-likeness (QED) is 0.365. The summed E-state index contributed by atoms with van der Waals surface area (Å²) in [6, 6.07) is 13.3. The zero-order valence-electron chi connectivity index (χ0n) is 18.7. The Labute approximate surface area is 190 Å². The molecule has 4 aromatic rings. The maximum atomic E-state index is 13.5. The van der Waals surface area contributed by atoms with Gasteiger partial charge in [0.05, 0.1) is 21.8 Å². The van der Waals surface area contributed by atoms with Gasteiger partial charge in [0.1, 0.15) is 5.82 Å². The van der Waals surface area contributed by atoms with Gasteiger partial charge in [-0.3, -0.25) is 9.36 Å². The molecule has 1 atom stereocenters. The summed E-state index contributed by atoms with van der Waals surface area (Å²) in [5.74, 6) is 1.17. The first kappa shape index (κ1) is 21.8. The summed E-state index contributed by atoms with van der Waals surface area (Å²) >= 11 is 1.41. The molecule has 0 fully saturated rings. The van der Waals surface area contributed by atoms with Crippen LogP contribution in [0, 0.1) is 13.8 Å². The molecule has 2 heterocycles. The van der Waals surface area contributed by atoms with Gasteiger partial charge in [0, 0.05) is 14.1 Å². The number of rotatable bonds is 5. The molecule has 0 saturated carbocycles. The number of para-hydroxylation sites is 1. The molecular weight excluding hydrogens is 422 g/mol. The molecule has 0 aliphatic carbocycles. The number of hydrogen-bond donors (Lipinski definition) is 1. The Balaban J connectivity index is 1.86. The number of nitrogen functional groups attached to an aromatic ring is 1. The smallest absolute Gasteiger partial charge is 0.266 e. The molecule has 8 nitrogen and oxygen atoms in total. The fraction of sp³-hybridized carbons (Fsp3) is 0.261. The monoisotopic (exact) mass is 447 g/mol. The van der Waals surface area contributed by atoms with E-state index in [2.05, 4.69) is 15.0 Å². The van der Waals surface area contributed by atoms with Crippen molar-refractivity contribution in [2.75, 3.05) is 24.7 Å². The van der Waals surface area contributed by atoms with Crippen LogP contribution in [0.4, 0.5) is 11.9 Å². The fourth-order valence-corrected chi connectivity index (χ4v) is 4.25. The zero-order chi connectivity index (χ0) is 23.0. The normalized spacial score (nSPS) is 12.2. The van der Waals surface area contributed by atoms with Crippen molar-refractivity contribution in [2.45, 2.75) is 31.2 Å². The number of nitrogens with zero attached hydrogens (tertiary/aromatic N) is 6. The lowest BCUT2D eigenvalue weighted by atomic mass is 10.1. The van der Waals surface area contributed by atoms with E-state index in [1.165, 1.54) is 11.8 Å². The van der Waals surface area contributed by atoms with E-state index in [0.29, 0.717) is 27.8 Å². The minimum atomic E-state index is -0.218. The van der Waals surface area contributed by atoms with Crippen LogP contribution in [0.2, 0.25) is 0 Å². The summed E-state index contributed by atoms with van der Waals surface area (Å²) in [5, 5.41) is 0.918. The van der Waals surface area contributed by atoms with Gasteiger partial charge >= 0.3 is 0 Å². The van der Waals surface area contributed by atoms with Crippen LogP contribution in [0.15, 0.2) is 52.4 Å². The van der Waals surface area contributed by atoms with E-state index in [4.69, 9.17) is 10.7 Å². The zero-order valence-corrected chi connectivity index (χ0v) is 19.5. The predicted octanol–water partition coefficient (Wildman–Crippen LogP) is 3.69. The van der Waals surface area contributed by atoms with E-state index in [1.807, 2.05) is 71.3 Å². The lowest BCUT2D eigenvalue weighted by Gasteiger charge is -2.18. The van der Waals surface area contributed by atoms with Crippen LogP contribution in [0.1, 0.15) is 29.1 Å². The molecule has 2 N–H and O–H groups in total. The molecule has 0 radical (unpaired) electrons. The lowest BCUT2D eigenvalue weighted by molar-refractivity contribution is 0.805. The average Bonchev–Trinajstić information content (AvgIpc) is 2.75. The molecule has 4 rings (SSSR count). The first-order chi connectivity index (χ1) is 15.2. The van der Waals surface area contributed by atoms with Gasteiger partial charge in [-0.2, -0.15) is 15.0 Å². The molecule has 0 bridgehead atoms. The molecule has 0 spiro atoms. The molecule has 0 amide bonds. The average molecular weight is 448 g/mol. The number of thioether (sulfide) groups is 1. The molecule has 0 aliphatic heterocycles. The Morgan fingerprint density at radius 1 is 1.00 bits per heavy atom. The predicted molar refractivity (Wildman–Crippen MR) is 130 cm³/mol.